The smallest absolute Gasteiger partial charge is 0.377 e. The van der Waals surface area contributed by atoms with Crippen molar-refractivity contribution < 1.29 is 22.6 Å². The van der Waals surface area contributed by atoms with Crippen molar-refractivity contribution in [1.29, 1.82) is 0 Å². The summed E-state index contributed by atoms with van der Waals surface area (Å²) >= 11 is 0. The van der Waals surface area contributed by atoms with Crippen LogP contribution in [0, 0.1) is 13.8 Å². The summed E-state index contributed by atoms with van der Waals surface area (Å²) in [6.45, 7) is 5.23. The van der Waals surface area contributed by atoms with Gasteiger partial charge in [-0.1, -0.05) is 18.2 Å². The number of halogens is 3. The molecule has 0 saturated carbocycles. The van der Waals surface area contributed by atoms with Gasteiger partial charge in [0.25, 0.3) is 0 Å². The molecule has 2 aliphatic rings. The lowest BCUT2D eigenvalue weighted by atomic mass is 9.98. The molecule has 0 spiro atoms. The second kappa shape index (κ2) is 10.2. The normalized spacial score (nSPS) is 18.5. The van der Waals surface area contributed by atoms with E-state index < -0.39 is 11.7 Å². The number of alkyl halides is 3. The Morgan fingerprint density at radius 2 is 1.95 bits per heavy atom. The molecule has 0 amide bonds. The van der Waals surface area contributed by atoms with Crippen LogP contribution in [0.2, 0.25) is 0 Å². The topological polar surface area (TPSA) is 66.5 Å². The molecule has 10 heteroatoms. The Labute approximate surface area is 224 Å². The van der Waals surface area contributed by atoms with Crippen molar-refractivity contribution in [3.8, 4) is 11.4 Å². The summed E-state index contributed by atoms with van der Waals surface area (Å²) in [4.78, 5) is 9.97. The van der Waals surface area contributed by atoms with Crippen molar-refractivity contribution in [3.63, 3.8) is 0 Å². The zero-order chi connectivity index (χ0) is 27.1. The van der Waals surface area contributed by atoms with Crippen LogP contribution in [0.4, 0.5) is 13.2 Å². The van der Waals surface area contributed by atoms with Crippen LogP contribution in [-0.4, -0.2) is 44.0 Å². The number of rotatable bonds is 5. The summed E-state index contributed by atoms with van der Waals surface area (Å²) in [5.74, 6) is 0. The second-order valence-electron chi connectivity index (χ2n) is 10.1. The highest BCUT2D eigenvalue weighted by molar-refractivity contribution is 5.75. The number of nitrogens with zero attached hydrogens (tertiary/aromatic N) is 5. The van der Waals surface area contributed by atoms with E-state index in [1.807, 2.05) is 34.3 Å². The highest BCUT2D eigenvalue weighted by Crippen LogP contribution is 2.35. The molecule has 7 nitrogen and oxygen atoms in total. The Kier molecular flexibility index (Phi) is 6.76. The first-order valence-corrected chi connectivity index (χ1v) is 13.3. The molecule has 1 atom stereocenters. The van der Waals surface area contributed by atoms with Gasteiger partial charge in [-0.2, -0.15) is 18.3 Å². The van der Waals surface area contributed by atoms with Gasteiger partial charge in [-0.15, -0.1) is 0 Å². The minimum atomic E-state index is -4.41. The van der Waals surface area contributed by atoms with Gasteiger partial charge in [-0.05, 0) is 68.4 Å². The van der Waals surface area contributed by atoms with Crippen LogP contribution < -0.4 is 0 Å². The predicted molar refractivity (Wildman–Crippen MR) is 140 cm³/mol. The van der Waals surface area contributed by atoms with Crippen LogP contribution in [0.5, 0.6) is 0 Å². The molecule has 0 bridgehead atoms. The Hall–Kier alpha value is -3.50. The van der Waals surface area contributed by atoms with Crippen LogP contribution in [0.25, 0.3) is 22.6 Å². The van der Waals surface area contributed by atoms with Gasteiger partial charge >= 0.3 is 6.18 Å². The minimum Gasteiger partial charge on any atom is -0.377 e. The van der Waals surface area contributed by atoms with E-state index in [1.54, 1.807) is 12.3 Å². The van der Waals surface area contributed by atoms with E-state index in [1.165, 1.54) is 13.0 Å². The van der Waals surface area contributed by atoms with Crippen molar-refractivity contribution in [2.75, 3.05) is 19.8 Å². The Morgan fingerprint density at radius 3 is 2.69 bits per heavy atom. The van der Waals surface area contributed by atoms with Crippen LogP contribution in [-0.2, 0) is 22.1 Å². The maximum absolute atomic E-state index is 13.6. The molecule has 1 unspecified atom stereocenters. The number of ether oxygens (including phenoxy) is 2. The molecule has 4 aromatic rings. The van der Waals surface area contributed by atoms with Crippen molar-refractivity contribution in [2.45, 2.75) is 58.4 Å². The molecule has 0 N–H and O–H groups in total. The molecule has 1 aromatic carbocycles. The molecule has 1 saturated heterocycles. The summed E-state index contributed by atoms with van der Waals surface area (Å²) in [6.07, 6.45) is 5.11. The third-order valence-electron chi connectivity index (χ3n) is 7.65. The first-order chi connectivity index (χ1) is 18.8. The molecule has 39 heavy (non-hydrogen) atoms. The lowest BCUT2D eigenvalue weighted by Crippen LogP contribution is -2.20. The monoisotopic (exact) mass is 537 g/mol. The van der Waals surface area contributed by atoms with Gasteiger partial charge in [0.2, 0.25) is 0 Å². The van der Waals surface area contributed by atoms with E-state index in [9.17, 15) is 13.2 Å². The van der Waals surface area contributed by atoms with Crippen molar-refractivity contribution in [2.24, 2.45) is 0 Å². The number of aromatic nitrogens is 5. The highest BCUT2D eigenvalue weighted by atomic mass is 19.4. The van der Waals surface area contributed by atoms with Crippen molar-refractivity contribution in [3.05, 3.63) is 76.5 Å². The SMILES string of the molecule is Cc1nc2c(-c3ccnn3C3CCCCO3)nc(C3=CCOCC3)cn2c1Cc1cccc(C(F)(F)F)c1C. The third-order valence-corrected chi connectivity index (χ3v) is 7.65. The number of aryl methyl sites for hydroxylation is 1. The fraction of sp³-hybridized carbons (Fsp3) is 0.414. The number of imidazole rings is 1. The molecule has 0 aliphatic carbocycles. The van der Waals surface area contributed by atoms with Crippen LogP contribution in [0.15, 0.2) is 42.7 Å². The second-order valence-corrected chi connectivity index (χ2v) is 10.1. The minimum absolute atomic E-state index is 0.181. The molecule has 5 heterocycles. The van der Waals surface area contributed by atoms with Gasteiger partial charge in [0, 0.05) is 31.1 Å². The van der Waals surface area contributed by atoms with E-state index >= 15 is 0 Å². The summed E-state index contributed by atoms with van der Waals surface area (Å²) in [5.41, 5.74) is 5.76. The van der Waals surface area contributed by atoms with Gasteiger partial charge < -0.3 is 9.47 Å². The van der Waals surface area contributed by atoms with E-state index in [2.05, 4.69) is 5.10 Å². The Bertz CT molecular complexity index is 1550. The van der Waals surface area contributed by atoms with Gasteiger partial charge in [0.05, 0.1) is 35.9 Å². The fourth-order valence-corrected chi connectivity index (χ4v) is 5.52. The number of benzene rings is 1. The van der Waals surface area contributed by atoms with Crippen molar-refractivity contribution >= 4 is 11.2 Å². The largest absolute Gasteiger partial charge is 0.416 e. The van der Waals surface area contributed by atoms with Gasteiger partial charge in [0.15, 0.2) is 11.9 Å². The lowest BCUT2D eigenvalue weighted by molar-refractivity contribution is -0.138. The quantitative estimate of drug-likeness (QED) is 0.298. The van der Waals surface area contributed by atoms with Gasteiger partial charge in [-0.3, -0.25) is 4.40 Å². The summed E-state index contributed by atoms with van der Waals surface area (Å²) < 4.78 is 56.3. The predicted octanol–water partition coefficient (Wildman–Crippen LogP) is 6.32. The van der Waals surface area contributed by atoms with Crippen LogP contribution in [0.3, 0.4) is 0 Å². The molecule has 6 rings (SSSR count). The first-order valence-electron chi connectivity index (χ1n) is 13.3. The number of hydrogen-bond donors (Lipinski definition) is 0. The Balaban J connectivity index is 1.52. The molecule has 1 fully saturated rings. The summed E-state index contributed by atoms with van der Waals surface area (Å²) in [5, 5.41) is 4.58. The maximum Gasteiger partial charge on any atom is 0.416 e. The third kappa shape index (κ3) is 4.87. The van der Waals surface area contributed by atoms with E-state index in [0.29, 0.717) is 43.1 Å². The molecule has 2 aliphatic heterocycles. The van der Waals surface area contributed by atoms with E-state index in [0.717, 1.165) is 60.1 Å². The van der Waals surface area contributed by atoms with Gasteiger partial charge in [0.1, 0.15) is 5.69 Å². The average molecular weight is 538 g/mol. The number of fused-ring (bicyclic) bond motifs is 1. The molecular formula is C29H30F3N5O2. The lowest BCUT2D eigenvalue weighted by Gasteiger charge is -2.24. The van der Waals surface area contributed by atoms with Crippen LogP contribution >= 0.6 is 0 Å². The van der Waals surface area contributed by atoms with E-state index in [-0.39, 0.29) is 11.8 Å². The standard InChI is InChI=1S/C29H30F3N5O2/c1-18-21(6-5-7-22(18)29(30,31)32)16-25-19(2)34-28-27(24-9-12-33-37(24)26-8-3-4-13-39-26)35-23(17-36(25)28)20-10-14-38-15-11-20/h5-7,9-10,12,17,26H,3-4,8,11,13-16H2,1-2H3. The fourth-order valence-electron chi connectivity index (χ4n) is 5.52. The maximum atomic E-state index is 13.6. The van der Waals surface area contributed by atoms with Gasteiger partial charge in [-0.25, -0.2) is 14.6 Å². The molecular weight excluding hydrogens is 507 g/mol. The van der Waals surface area contributed by atoms with E-state index in [4.69, 9.17) is 19.4 Å². The average Bonchev–Trinajstić information content (AvgIpc) is 3.54. The summed E-state index contributed by atoms with van der Waals surface area (Å²) in [7, 11) is 0. The zero-order valence-corrected chi connectivity index (χ0v) is 22.0. The first kappa shape index (κ1) is 25.8. The van der Waals surface area contributed by atoms with Crippen molar-refractivity contribution in [1.82, 2.24) is 24.1 Å². The highest BCUT2D eigenvalue weighted by Gasteiger charge is 2.33. The zero-order valence-electron chi connectivity index (χ0n) is 22.0. The Morgan fingerprint density at radius 1 is 1.08 bits per heavy atom. The summed E-state index contributed by atoms with van der Waals surface area (Å²) in [6, 6.07) is 6.27. The molecule has 0 radical (unpaired) electrons. The molecule has 204 valence electrons. The number of hydrogen-bond acceptors (Lipinski definition) is 5. The molecule has 3 aromatic heterocycles. The van der Waals surface area contributed by atoms with Crippen LogP contribution in [0.1, 0.15) is 65.7 Å².